The molecule has 1 heterocycles. The van der Waals surface area contributed by atoms with Crippen LogP contribution in [0.25, 0.3) is 0 Å². The first-order valence-electron chi connectivity index (χ1n) is 7.36. The van der Waals surface area contributed by atoms with Crippen LogP contribution >= 0.6 is 0 Å². The topological polar surface area (TPSA) is 70.1 Å². The summed E-state index contributed by atoms with van der Waals surface area (Å²) in [5.74, 6) is -0.498. The van der Waals surface area contributed by atoms with Gasteiger partial charge in [-0.2, -0.15) is 0 Å². The second-order valence-electron chi connectivity index (χ2n) is 5.20. The van der Waals surface area contributed by atoms with Crippen LogP contribution in [-0.2, 0) is 14.3 Å². The van der Waals surface area contributed by atoms with Crippen molar-refractivity contribution in [1.82, 2.24) is 9.80 Å². The minimum absolute atomic E-state index is 0.104. The van der Waals surface area contributed by atoms with Crippen molar-refractivity contribution < 1.29 is 19.4 Å². The SMILES string of the molecule is CCN(CC)CC1CCN(C(=O)COCC(=O)O)CC1. The zero-order valence-electron chi connectivity index (χ0n) is 12.5. The van der Waals surface area contributed by atoms with Crippen LogP contribution in [-0.4, -0.2) is 72.7 Å². The predicted molar refractivity (Wildman–Crippen MR) is 75.5 cm³/mol. The Morgan fingerprint density at radius 3 is 2.30 bits per heavy atom. The Kier molecular flexibility index (Phi) is 7.54. The van der Waals surface area contributed by atoms with Gasteiger partial charge in [-0.15, -0.1) is 0 Å². The number of carboxylic acid groups (broad SMARTS) is 1. The highest BCUT2D eigenvalue weighted by Gasteiger charge is 2.23. The average Bonchev–Trinajstić information content (AvgIpc) is 2.44. The lowest BCUT2D eigenvalue weighted by molar-refractivity contribution is -0.146. The molecule has 0 radical (unpaired) electrons. The van der Waals surface area contributed by atoms with Crippen LogP contribution in [0.5, 0.6) is 0 Å². The Bertz CT molecular complexity index is 310. The van der Waals surface area contributed by atoms with E-state index < -0.39 is 12.6 Å². The molecule has 0 aromatic carbocycles. The highest BCUT2D eigenvalue weighted by molar-refractivity contribution is 5.78. The normalized spacial score (nSPS) is 16.6. The Balaban J connectivity index is 2.24. The van der Waals surface area contributed by atoms with Crippen molar-refractivity contribution >= 4 is 11.9 Å². The van der Waals surface area contributed by atoms with Crippen molar-refractivity contribution in [3.63, 3.8) is 0 Å². The van der Waals surface area contributed by atoms with Crippen LogP contribution in [0.3, 0.4) is 0 Å². The number of hydrogen-bond donors (Lipinski definition) is 1. The number of aliphatic carboxylic acids is 1. The predicted octanol–water partition coefficient (Wildman–Crippen LogP) is 0.668. The number of ether oxygens (including phenoxy) is 1. The molecule has 1 aliphatic heterocycles. The molecule has 0 saturated carbocycles. The summed E-state index contributed by atoms with van der Waals surface area (Å²) in [6.45, 7) is 8.53. The van der Waals surface area contributed by atoms with Gasteiger partial charge in [0, 0.05) is 19.6 Å². The summed E-state index contributed by atoms with van der Waals surface area (Å²) in [5.41, 5.74) is 0. The van der Waals surface area contributed by atoms with Crippen molar-refractivity contribution in [2.45, 2.75) is 26.7 Å². The van der Waals surface area contributed by atoms with Gasteiger partial charge in [0.2, 0.25) is 5.91 Å². The fourth-order valence-corrected chi connectivity index (χ4v) is 2.53. The first-order valence-corrected chi connectivity index (χ1v) is 7.36. The molecule has 1 rings (SSSR count). The van der Waals surface area contributed by atoms with Crippen molar-refractivity contribution in [2.24, 2.45) is 5.92 Å². The van der Waals surface area contributed by atoms with Crippen LogP contribution in [0.15, 0.2) is 0 Å². The van der Waals surface area contributed by atoms with Gasteiger partial charge >= 0.3 is 5.97 Å². The Labute approximate surface area is 120 Å². The molecule has 1 aliphatic rings. The molecule has 116 valence electrons. The molecule has 1 saturated heterocycles. The molecular formula is C14H26N2O4. The number of hydrogen-bond acceptors (Lipinski definition) is 4. The Hall–Kier alpha value is -1.14. The van der Waals surface area contributed by atoms with Crippen molar-refractivity contribution in [3.05, 3.63) is 0 Å². The van der Waals surface area contributed by atoms with E-state index in [4.69, 9.17) is 9.84 Å². The molecule has 0 aromatic heterocycles. The summed E-state index contributed by atoms with van der Waals surface area (Å²) in [5, 5.41) is 8.45. The van der Waals surface area contributed by atoms with E-state index in [0.29, 0.717) is 5.92 Å². The second kappa shape index (κ2) is 8.92. The monoisotopic (exact) mass is 286 g/mol. The highest BCUT2D eigenvalue weighted by atomic mass is 16.5. The number of nitrogens with zero attached hydrogens (tertiary/aromatic N) is 2. The fraction of sp³-hybridized carbons (Fsp3) is 0.857. The Morgan fingerprint density at radius 1 is 1.20 bits per heavy atom. The zero-order valence-corrected chi connectivity index (χ0v) is 12.5. The fourth-order valence-electron chi connectivity index (χ4n) is 2.53. The van der Waals surface area contributed by atoms with Crippen LogP contribution in [0.2, 0.25) is 0 Å². The van der Waals surface area contributed by atoms with E-state index >= 15 is 0 Å². The average molecular weight is 286 g/mol. The number of piperidine rings is 1. The molecule has 20 heavy (non-hydrogen) atoms. The second-order valence-corrected chi connectivity index (χ2v) is 5.20. The minimum Gasteiger partial charge on any atom is -0.480 e. The number of amides is 1. The molecule has 0 bridgehead atoms. The van der Waals surface area contributed by atoms with E-state index in [1.54, 1.807) is 4.90 Å². The van der Waals surface area contributed by atoms with Crippen molar-refractivity contribution in [2.75, 3.05) is 45.9 Å². The van der Waals surface area contributed by atoms with Crippen LogP contribution in [0.4, 0.5) is 0 Å². The molecule has 1 fully saturated rings. The molecule has 0 aliphatic carbocycles. The molecule has 0 spiro atoms. The van der Waals surface area contributed by atoms with Gasteiger partial charge in [0.1, 0.15) is 13.2 Å². The molecule has 0 unspecified atom stereocenters. The van der Waals surface area contributed by atoms with Gasteiger partial charge < -0.3 is 19.6 Å². The molecule has 0 aromatic rings. The molecule has 6 nitrogen and oxygen atoms in total. The zero-order chi connectivity index (χ0) is 15.0. The lowest BCUT2D eigenvalue weighted by atomic mass is 9.96. The van der Waals surface area contributed by atoms with Crippen LogP contribution in [0, 0.1) is 5.92 Å². The molecule has 1 amide bonds. The highest BCUT2D eigenvalue weighted by Crippen LogP contribution is 2.18. The smallest absolute Gasteiger partial charge is 0.329 e. The summed E-state index contributed by atoms with van der Waals surface area (Å²) in [4.78, 5) is 26.3. The van der Waals surface area contributed by atoms with E-state index in [9.17, 15) is 9.59 Å². The molecular weight excluding hydrogens is 260 g/mol. The maximum atomic E-state index is 11.8. The third-order valence-electron chi connectivity index (χ3n) is 3.83. The van der Waals surface area contributed by atoms with Crippen molar-refractivity contribution in [3.8, 4) is 0 Å². The largest absolute Gasteiger partial charge is 0.480 e. The number of carbonyl (C=O) groups excluding carboxylic acids is 1. The van der Waals surface area contributed by atoms with E-state index in [-0.39, 0.29) is 12.5 Å². The quantitative estimate of drug-likeness (QED) is 0.710. The van der Waals surface area contributed by atoms with Gasteiger partial charge in [-0.25, -0.2) is 4.79 Å². The third-order valence-corrected chi connectivity index (χ3v) is 3.83. The number of carboxylic acids is 1. The summed E-state index contributed by atoms with van der Waals surface area (Å²) in [7, 11) is 0. The molecule has 1 N–H and O–H groups in total. The van der Waals surface area contributed by atoms with Gasteiger partial charge in [0.15, 0.2) is 0 Å². The van der Waals surface area contributed by atoms with Gasteiger partial charge in [-0.1, -0.05) is 13.8 Å². The van der Waals surface area contributed by atoms with E-state index in [1.807, 2.05) is 0 Å². The number of carbonyl (C=O) groups is 2. The van der Waals surface area contributed by atoms with E-state index in [0.717, 1.165) is 45.6 Å². The minimum atomic E-state index is -1.05. The maximum absolute atomic E-state index is 11.8. The number of likely N-dealkylation sites (tertiary alicyclic amines) is 1. The van der Waals surface area contributed by atoms with Gasteiger partial charge in [-0.3, -0.25) is 4.79 Å². The Morgan fingerprint density at radius 2 is 1.80 bits per heavy atom. The third kappa shape index (κ3) is 5.88. The van der Waals surface area contributed by atoms with Gasteiger partial charge in [0.25, 0.3) is 0 Å². The van der Waals surface area contributed by atoms with Crippen LogP contribution < -0.4 is 0 Å². The maximum Gasteiger partial charge on any atom is 0.329 e. The van der Waals surface area contributed by atoms with E-state index in [2.05, 4.69) is 18.7 Å². The summed E-state index contributed by atoms with van der Waals surface area (Å²) < 4.78 is 4.84. The van der Waals surface area contributed by atoms with Crippen molar-refractivity contribution in [1.29, 1.82) is 0 Å². The summed E-state index contributed by atoms with van der Waals surface area (Å²) in [6, 6.07) is 0. The lowest BCUT2D eigenvalue weighted by Gasteiger charge is -2.34. The number of rotatable bonds is 8. The van der Waals surface area contributed by atoms with Gasteiger partial charge in [0.05, 0.1) is 0 Å². The van der Waals surface area contributed by atoms with E-state index in [1.165, 1.54) is 0 Å². The van der Waals surface area contributed by atoms with Gasteiger partial charge in [-0.05, 0) is 31.8 Å². The lowest BCUT2D eigenvalue weighted by Crippen LogP contribution is -2.43. The first-order chi connectivity index (χ1) is 9.56. The summed E-state index contributed by atoms with van der Waals surface area (Å²) >= 11 is 0. The van der Waals surface area contributed by atoms with Crippen LogP contribution in [0.1, 0.15) is 26.7 Å². The summed E-state index contributed by atoms with van der Waals surface area (Å²) in [6.07, 6.45) is 2.03. The first kappa shape index (κ1) is 16.9. The standard InChI is InChI=1S/C14H26N2O4/c1-3-15(4-2)9-12-5-7-16(8-6-12)13(17)10-20-11-14(18)19/h12H,3-11H2,1-2H3,(H,18,19). The molecule has 0 atom stereocenters. The molecule has 6 heteroatoms.